The van der Waals surface area contributed by atoms with Crippen LogP contribution in [-0.2, 0) is 0 Å². The van der Waals surface area contributed by atoms with Gasteiger partial charge in [0.05, 0.1) is 7.11 Å². The Morgan fingerprint density at radius 3 is 2.62 bits per heavy atom. The van der Waals surface area contributed by atoms with Gasteiger partial charge in [-0.3, -0.25) is 4.79 Å². The summed E-state index contributed by atoms with van der Waals surface area (Å²) in [4.78, 5) is 33.1. The van der Waals surface area contributed by atoms with Gasteiger partial charge in [0.25, 0.3) is 5.91 Å². The highest BCUT2D eigenvalue weighted by atomic mass is 16.5. The summed E-state index contributed by atoms with van der Waals surface area (Å²) in [6.45, 7) is 0. The second kappa shape index (κ2) is 8.30. The van der Waals surface area contributed by atoms with Crippen LogP contribution in [-0.4, -0.2) is 35.1 Å². The summed E-state index contributed by atoms with van der Waals surface area (Å²) < 4.78 is 16.3. The summed E-state index contributed by atoms with van der Waals surface area (Å²) in [7, 11) is 1.50. The van der Waals surface area contributed by atoms with E-state index in [9.17, 15) is 9.59 Å². The van der Waals surface area contributed by atoms with Gasteiger partial charge in [-0.2, -0.15) is 0 Å². The molecule has 1 amide bonds. The number of rotatable bonds is 5. The molecular weight excluding hydrogens is 374 g/mol. The minimum Gasteiger partial charge on any atom is -0.493 e. The van der Waals surface area contributed by atoms with Gasteiger partial charge in [-0.05, 0) is 43.9 Å². The highest BCUT2D eigenvalue weighted by molar-refractivity contribution is 5.97. The van der Waals surface area contributed by atoms with E-state index >= 15 is 0 Å². The Labute approximate surface area is 166 Å². The summed E-state index contributed by atoms with van der Waals surface area (Å²) >= 11 is 0. The maximum atomic E-state index is 12.7. The number of hydrogen-bond donors (Lipinski definition) is 1. The number of aromatic nitrogens is 2. The van der Waals surface area contributed by atoms with Gasteiger partial charge in [-0.1, -0.05) is 12.1 Å². The van der Waals surface area contributed by atoms with Crippen molar-refractivity contribution in [2.24, 2.45) is 0 Å². The molecule has 0 aliphatic heterocycles. The van der Waals surface area contributed by atoms with E-state index in [4.69, 9.17) is 13.9 Å². The predicted molar refractivity (Wildman–Crippen MR) is 105 cm³/mol. The van der Waals surface area contributed by atoms with Crippen molar-refractivity contribution in [1.82, 2.24) is 15.3 Å². The van der Waals surface area contributed by atoms with Crippen molar-refractivity contribution in [3.63, 3.8) is 0 Å². The zero-order valence-corrected chi connectivity index (χ0v) is 16.0. The van der Waals surface area contributed by atoms with E-state index in [1.165, 1.54) is 7.11 Å². The molecule has 1 saturated carbocycles. The number of nitrogens with one attached hydrogen (secondary N) is 1. The molecule has 1 aromatic carbocycles. The number of para-hydroxylation sites is 1. The summed E-state index contributed by atoms with van der Waals surface area (Å²) in [5, 5.41) is 3.57. The molecule has 0 atom stereocenters. The average Bonchev–Trinajstić information content (AvgIpc) is 2.75. The molecule has 2 heterocycles. The lowest BCUT2D eigenvalue weighted by atomic mass is 9.93. The Hall–Kier alpha value is -3.42. The molecule has 8 nitrogen and oxygen atoms in total. The van der Waals surface area contributed by atoms with E-state index in [-0.39, 0.29) is 17.7 Å². The highest BCUT2D eigenvalue weighted by Crippen LogP contribution is 2.25. The minimum absolute atomic E-state index is 0.0122. The number of nitrogens with zero attached hydrogens (tertiary/aromatic N) is 2. The first kappa shape index (κ1) is 18.9. The third kappa shape index (κ3) is 4.21. The standard InChI is InChI=1S/C21H21N3O5/c1-27-17-5-2-4-13-12-16(20(26)29-18(13)17)19(25)24-14-6-8-15(9-7-14)28-21-22-10-3-11-23-21/h2-5,10-12,14-15H,6-9H2,1H3,(H,24,25). The lowest BCUT2D eigenvalue weighted by Gasteiger charge is -2.28. The number of methoxy groups -OCH3 is 1. The molecule has 8 heteroatoms. The van der Waals surface area contributed by atoms with Gasteiger partial charge in [0.15, 0.2) is 11.3 Å². The van der Waals surface area contributed by atoms with Gasteiger partial charge >= 0.3 is 11.6 Å². The quantitative estimate of drug-likeness (QED) is 0.663. The molecule has 1 aliphatic rings. The molecule has 1 fully saturated rings. The van der Waals surface area contributed by atoms with E-state index in [0.29, 0.717) is 22.7 Å². The summed E-state index contributed by atoms with van der Waals surface area (Å²) in [5.41, 5.74) is -0.364. The van der Waals surface area contributed by atoms with Gasteiger partial charge in [-0.25, -0.2) is 14.8 Å². The normalized spacial score (nSPS) is 18.9. The smallest absolute Gasteiger partial charge is 0.349 e. The van der Waals surface area contributed by atoms with Crippen LogP contribution in [0.25, 0.3) is 11.0 Å². The number of hydrogen-bond acceptors (Lipinski definition) is 7. The lowest BCUT2D eigenvalue weighted by molar-refractivity contribution is 0.0881. The molecule has 2 aromatic heterocycles. The first-order valence-corrected chi connectivity index (χ1v) is 9.49. The van der Waals surface area contributed by atoms with Crippen molar-refractivity contribution in [1.29, 1.82) is 0 Å². The predicted octanol–water partition coefficient (Wildman–Crippen LogP) is 2.71. The number of fused-ring (bicyclic) bond motifs is 1. The topological polar surface area (TPSA) is 104 Å². The van der Waals surface area contributed by atoms with Crippen molar-refractivity contribution in [2.75, 3.05) is 7.11 Å². The average molecular weight is 395 g/mol. The van der Waals surface area contributed by atoms with E-state index in [0.717, 1.165) is 25.7 Å². The fourth-order valence-corrected chi connectivity index (χ4v) is 3.52. The molecule has 0 radical (unpaired) electrons. The van der Waals surface area contributed by atoms with Crippen molar-refractivity contribution in [3.05, 3.63) is 58.7 Å². The largest absolute Gasteiger partial charge is 0.493 e. The van der Waals surface area contributed by atoms with Gasteiger partial charge in [0.1, 0.15) is 11.7 Å². The van der Waals surface area contributed by atoms with Crippen LogP contribution in [0.4, 0.5) is 0 Å². The van der Waals surface area contributed by atoms with Crippen LogP contribution in [0.1, 0.15) is 36.0 Å². The van der Waals surface area contributed by atoms with Gasteiger partial charge in [-0.15, -0.1) is 0 Å². The van der Waals surface area contributed by atoms with Crippen LogP contribution in [0, 0.1) is 0 Å². The van der Waals surface area contributed by atoms with E-state index < -0.39 is 11.5 Å². The number of carbonyl (C=O) groups excluding carboxylic acids is 1. The van der Waals surface area contributed by atoms with Crippen molar-refractivity contribution < 1.29 is 18.7 Å². The van der Waals surface area contributed by atoms with Crippen LogP contribution < -0.4 is 20.4 Å². The molecule has 29 heavy (non-hydrogen) atoms. The van der Waals surface area contributed by atoms with Crippen LogP contribution in [0.15, 0.2) is 51.9 Å². The first-order valence-electron chi connectivity index (χ1n) is 9.49. The first-order chi connectivity index (χ1) is 14.1. The Morgan fingerprint density at radius 1 is 1.14 bits per heavy atom. The Morgan fingerprint density at radius 2 is 1.90 bits per heavy atom. The highest BCUT2D eigenvalue weighted by Gasteiger charge is 2.25. The maximum absolute atomic E-state index is 12.7. The van der Waals surface area contributed by atoms with Crippen molar-refractivity contribution >= 4 is 16.9 Å². The monoisotopic (exact) mass is 395 g/mol. The second-order valence-corrected chi connectivity index (χ2v) is 6.92. The Balaban J connectivity index is 1.40. The molecule has 3 aromatic rings. The zero-order valence-electron chi connectivity index (χ0n) is 16.0. The van der Waals surface area contributed by atoms with Gasteiger partial charge in [0, 0.05) is 23.8 Å². The summed E-state index contributed by atoms with van der Waals surface area (Å²) in [6, 6.07) is 8.86. The second-order valence-electron chi connectivity index (χ2n) is 6.92. The fourth-order valence-electron chi connectivity index (χ4n) is 3.52. The molecule has 4 rings (SSSR count). The Bertz CT molecular complexity index is 1060. The molecule has 1 aliphatic carbocycles. The zero-order chi connectivity index (χ0) is 20.2. The number of benzene rings is 1. The van der Waals surface area contributed by atoms with E-state index in [2.05, 4.69) is 15.3 Å². The third-order valence-electron chi connectivity index (χ3n) is 5.01. The molecule has 150 valence electrons. The van der Waals surface area contributed by atoms with E-state index in [1.54, 1.807) is 42.7 Å². The van der Waals surface area contributed by atoms with Crippen LogP contribution >= 0.6 is 0 Å². The van der Waals surface area contributed by atoms with Crippen LogP contribution in [0.3, 0.4) is 0 Å². The van der Waals surface area contributed by atoms with Crippen molar-refractivity contribution in [2.45, 2.75) is 37.8 Å². The number of carbonyl (C=O) groups is 1. The SMILES string of the molecule is COc1cccc2cc(C(=O)NC3CCC(Oc4ncccn4)CC3)c(=O)oc12. The van der Waals surface area contributed by atoms with Crippen LogP contribution in [0.2, 0.25) is 0 Å². The van der Waals surface area contributed by atoms with Gasteiger partial charge in [0.2, 0.25) is 0 Å². The molecule has 1 N–H and O–H groups in total. The molecule has 0 bridgehead atoms. The molecule has 0 unspecified atom stereocenters. The number of ether oxygens (including phenoxy) is 2. The lowest BCUT2D eigenvalue weighted by Crippen LogP contribution is -2.41. The summed E-state index contributed by atoms with van der Waals surface area (Å²) in [5.74, 6) is 0.0199. The van der Waals surface area contributed by atoms with Crippen molar-refractivity contribution in [3.8, 4) is 11.8 Å². The molecular formula is C21H21N3O5. The fraction of sp³-hybridized carbons (Fsp3) is 0.333. The van der Waals surface area contributed by atoms with E-state index in [1.807, 2.05) is 0 Å². The van der Waals surface area contributed by atoms with Crippen LogP contribution in [0.5, 0.6) is 11.8 Å². The molecule has 0 saturated heterocycles. The number of amides is 1. The Kier molecular flexibility index (Phi) is 5.41. The third-order valence-corrected chi connectivity index (χ3v) is 5.01. The molecule has 0 spiro atoms. The minimum atomic E-state index is -0.683. The summed E-state index contributed by atoms with van der Waals surface area (Å²) in [6.07, 6.45) is 6.33. The maximum Gasteiger partial charge on any atom is 0.349 e. The van der Waals surface area contributed by atoms with Gasteiger partial charge < -0.3 is 19.2 Å².